The van der Waals surface area contributed by atoms with Gasteiger partial charge in [0, 0.05) is 26.2 Å². The summed E-state index contributed by atoms with van der Waals surface area (Å²) in [5, 5.41) is 11.7. The van der Waals surface area contributed by atoms with Crippen molar-refractivity contribution >= 4 is 16.0 Å². The van der Waals surface area contributed by atoms with Gasteiger partial charge in [0.25, 0.3) is 0 Å². The third kappa shape index (κ3) is 7.28. The zero-order valence-electron chi connectivity index (χ0n) is 15.3. The summed E-state index contributed by atoms with van der Waals surface area (Å²) in [6.07, 6.45) is 1.02. The van der Waals surface area contributed by atoms with E-state index in [9.17, 15) is 8.42 Å². The van der Waals surface area contributed by atoms with Crippen molar-refractivity contribution in [1.82, 2.24) is 15.5 Å². The minimum Gasteiger partial charge on any atom is -0.379 e. The molecule has 0 aliphatic carbocycles. The smallest absolute Gasteiger partial charge is 0.238 e. The van der Waals surface area contributed by atoms with E-state index < -0.39 is 10.0 Å². The van der Waals surface area contributed by atoms with Gasteiger partial charge >= 0.3 is 0 Å². The van der Waals surface area contributed by atoms with E-state index in [2.05, 4.69) is 20.5 Å². The number of hydrogen-bond acceptors (Lipinski definition) is 5. The SMILES string of the molecule is CCNC(=NCc1cccc(S(N)(=O)=O)c1)NCCCN1CCOCC1. The molecule has 1 saturated heterocycles. The minimum atomic E-state index is -3.70. The summed E-state index contributed by atoms with van der Waals surface area (Å²) in [4.78, 5) is 7.02. The Morgan fingerprint density at radius 1 is 1.31 bits per heavy atom. The number of primary sulfonamides is 1. The average Bonchev–Trinajstić information content (AvgIpc) is 2.63. The van der Waals surface area contributed by atoms with Crippen molar-refractivity contribution in [3.8, 4) is 0 Å². The van der Waals surface area contributed by atoms with Gasteiger partial charge in [0.1, 0.15) is 0 Å². The van der Waals surface area contributed by atoms with Gasteiger partial charge < -0.3 is 15.4 Å². The van der Waals surface area contributed by atoms with Crippen molar-refractivity contribution in [2.45, 2.75) is 24.8 Å². The summed E-state index contributed by atoms with van der Waals surface area (Å²) in [5.74, 6) is 0.718. The van der Waals surface area contributed by atoms with Crippen LogP contribution in [-0.4, -0.2) is 65.2 Å². The van der Waals surface area contributed by atoms with Gasteiger partial charge in [0.2, 0.25) is 10.0 Å². The summed E-state index contributed by atoms with van der Waals surface area (Å²) in [7, 11) is -3.70. The summed E-state index contributed by atoms with van der Waals surface area (Å²) in [5.41, 5.74) is 0.794. The highest BCUT2D eigenvalue weighted by Crippen LogP contribution is 2.10. The van der Waals surface area contributed by atoms with Crippen LogP contribution in [0.15, 0.2) is 34.2 Å². The number of morpholine rings is 1. The molecule has 8 nitrogen and oxygen atoms in total. The molecule has 26 heavy (non-hydrogen) atoms. The molecule has 0 atom stereocenters. The van der Waals surface area contributed by atoms with Crippen molar-refractivity contribution in [3.05, 3.63) is 29.8 Å². The fourth-order valence-corrected chi connectivity index (χ4v) is 3.25. The van der Waals surface area contributed by atoms with Gasteiger partial charge in [-0.15, -0.1) is 0 Å². The van der Waals surface area contributed by atoms with Crippen LogP contribution >= 0.6 is 0 Å². The maximum absolute atomic E-state index is 11.4. The first-order chi connectivity index (χ1) is 12.5. The predicted octanol–water partition coefficient (Wildman–Crippen LogP) is 0.111. The highest BCUT2D eigenvalue weighted by atomic mass is 32.2. The van der Waals surface area contributed by atoms with Crippen LogP contribution in [0.25, 0.3) is 0 Å². The molecule has 1 aliphatic heterocycles. The maximum Gasteiger partial charge on any atom is 0.238 e. The van der Waals surface area contributed by atoms with Crippen molar-refractivity contribution in [3.63, 3.8) is 0 Å². The molecule has 0 amide bonds. The first-order valence-corrected chi connectivity index (χ1v) is 10.5. The van der Waals surface area contributed by atoms with Crippen LogP contribution < -0.4 is 15.8 Å². The van der Waals surface area contributed by atoms with E-state index in [0.717, 1.165) is 63.9 Å². The monoisotopic (exact) mass is 383 g/mol. The second-order valence-corrected chi connectivity index (χ2v) is 7.68. The fourth-order valence-electron chi connectivity index (χ4n) is 2.67. The zero-order chi connectivity index (χ0) is 18.8. The van der Waals surface area contributed by atoms with Gasteiger partial charge in [0.05, 0.1) is 24.7 Å². The number of sulfonamides is 1. The molecular formula is C17H29N5O3S. The lowest BCUT2D eigenvalue weighted by molar-refractivity contribution is 0.0376. The number of rotatable bonds is 8. The van der Waals surface area contributed by atoms with Crippen LogP contribution in [-0.2, 0) is 21.3 Å². The molecule has 146 valence electrons. The first kappa shape index (κ1) is 20.6. The highest BCUT2D eigenvalue weighted by Gasteiger charge is 2.10. The zero-order valence-corrected chi connectivity index (χ0v) is 16.1. The Labute approximate surface area is 155 Å². The summed E-state index contributed by atoms with van der Waals surface area (Å²) >= 11 is 0. The number of hydrogen-bond donors (Lipinski definition) is 3. The van der Waals surface area contributed by atoms with Crippen LogP contribution in [0.5, 0.6) is 0 Å². The van der Waals surface area contributed by atoms with Gasteiger partial charge in [0.15, 0.2) is 5.96 Å². The molecule has 0 radical (unpaired) electrons. The molecule has 1 aromatic carbocycles. The fraction of sp³-hybridized carbons (Fsp3) is 0.588. The Kier molecular flexibility index (Phi) is 8.30. The second kappa shape index (κ2) is 10.5. The molecule has 9 heteroatoms. The third-order valence-corrected chi connectivity index (χ3v) is 4.95. The minimum absolute atomic E-state index is 0.105. The van der Waals surface area contributed by atoms with Gasteiger partial charge in [-0.05, 0) is 37.6 Å². The topological polar surface area (TPSA) is 109 Å². The molecule has 0 spiro atoms. The predicted molar refractivity (Wildman–Crippen MR) is 103 cm³/mol. The van der Waals surface area contributed by atoms with Crippen LogP contribution in [0.1, 0.15) is 18.9 Å². The molecule has 0 saturated carbocycles. The van der Waals surface area contributed by atoms with E-state index in [-0.39, 0.29) is 4.90 Å². The van der Waals surface area contributed by atoms with E-state index in [4.69, 9.17) is 9.88 Å². The maximum atomic E-state index is 11.4. The molecule has 0 bridgehead atoms. The quantitative estimate of drug-likeness (QED) is 0.334. The largest absolute Gasteiger partial charge is 0.379 e. The van der Waals surface area contributed by atoms with Gasteiger partial charge in [-0.3, -0.25) is 4.90 Å². The second-order valence-electron chi connectivity index (χ2n) is 6.12. The number of aliphatic imine (C=N–C) groups is 1. The Bertz CT molecular complexity index is 687. The Morgan fingerprint density at radius 2 is 2.08 bits per heavy atom. The first-order valence-electron chi connectivity index (χ1n) is 8.93. The molecule has 1 aromatic rings. The summed E-state index contributed by atoms with van der Waals surface area (Å²) < 4.78 is 28.2. The molecule has 0 aromatic heterocycles. The Morgan fingerprint density at radius 3 is 2.77 bits per heavy atom. The molecular weight excluding hydrogens is 354 g/mol. The number of benzene rings is 1. The summed E-state index contributed by atoms with van der Waals surface area (Å²) in [6, 6.07) is 6.55. The van der Waals surface area contributed by atoms with Crippen LogP contribution in [0.4, 0.5) is 0 Å². The number of guanidine groups is 1. The number of nitrogens with two attached hydrogens (primary N) is 1. The highest BCUT2D eigenvalue weighted by molar-refractivity contribution is 7.89. The van der Waals surface area contributed by atoms with E-state index in [1.807, 2.05) is 13.0 Å². The lowest BCUT2D eigenvalue weighted by Gasteiger charge is -2.26. The number of ether oxygens (including phenoxy) is 1. The van der Waals surface area contributed by atoms with Gasteiger partial charge in [-0.25, -0.2) is 18.5 Å². The van der Waals surface area contributed by atoms with E-state index in [0.29, 0.717) is 6.54 Å². The molecule has 1 fully saturated rings. The van der Waals surface area contributed by atoms with Crippen molar-refractivity contribution in [1.29, 1.82) is 0 Å². The number of nitrogens with one attached hydrogen (secondary N) is 2. The molecule has 1 heterocycles. The molecule has 0 unspecified atom stereocenters. The van der Waals surface area contributed by atoms with Crippen LogP contribution in [0, 0.1) is 0 Å². The summed E-state index contributed by atoms with van der Waals surface area (Å²) in [6.45, 7) is 8.61. The molecule has 4 N–H and O–H groups in total. The lowest BCUT2D eigenvalue weighted by Crippen LogP contribution is -2.40. The van der Waals surface area contributed by atoms with Gasteiger partial charge in [-0.1, -0.05) is 12.1 Å². The third-order valence-electron chi connectivity index (χ3n) is 4.04. The van der Waals surface area contributed by atoms with Crippen molar-refractivity contribution in [2.75, 3.05) is 45.9 Å². The molecule has 1 aliphatic rings. The van der Waals surface area contributed by atoms with Crippen LogP contribution in [0.2, 0.25) is 0 Å². The van der Waals surface area contributed by atoms with Gasteiger partial charge in [-0.2, -0.15) is 0 Å². The van der Waals surface area contributed by atoms with E-state index in [1.54, 1.807) is 12.1 Å². The Balaban J connectivity index is 1.83. The van der Waals surface area contributed by atoms with Crippen molar-refractivity contribution in [2.24, 2.45) is 10.1 Å². The normalized spacial score (nSPS) is 16.5. The van der Waals surface area contributed by atoms with E-state index in [1.165, 1.54) is 6.07 Å². The number of nitrogens with zero attached hydrogens (tertiary/aromatic N) is 2. The van der Waals surface area contributed by atoms with E-state index >= 15 is 0 Å². The van der Waals surface area contributed by atoms with Crippen molar-refractivity contribution < 1.29 is 13.2 Å². The van der Waals surface area contributed by atoms with Crippen LogP contribution in [0.3, 0.4) is 0 Å². The Hall–Kier alpha value is -1.68. The lowest BCUT2D eigenvalue weighted by atomic mass is 10.2. The standard InChI is InChI=1S/C17H29N5O3S/c1-2-19-17(20-7-4-8-22-9-11-25-12-10-22)21-14-15-5-3-6-16(13-15)26(18,23)24/h3,5-6,13H,2,4,7-12,14H2,1H3,(H2,18,23,24)(H2,19,20,21). The average molecular weight is 384 g/mol. The molecule has 2 rings (SSSR count).